The van der Waals surface area contributed by atoms with Crippen molar-refractivity contribution in [2.75, 3.05) is 13.1 Å². The number of nitrogens with zero attached hydrogens (tertiary/aromatic N) is 5. The summed E-state index contributed by atoms with van der Waals surface area (Å²) < 4.78 is 7.84. The predicted octanol–water partition coefficient (Wildman–Crippen LogP) is 3.31. The average molecular weight is 343 g/mol. The van der Waals surface area contributed by atoms with Crippen molar-refractivity contribution in [2.24, 2.45) is 0 Å². The molecule has 0 aliphatic carbocycles. The van der Waals surface area contributed by atoms with Crippen LogP contribution in [-0.4, -0.2) is 37.8 Å². The zero-order valence-corrected chi connectivity index (χ0v) is 14.6. The van der Waals surface area contributed by atoms with Crippen molar-refractivity contribution in [2.45, 2.75) is 38.8 Å². The van der Waals surface area contributed by atoms with Crippen LogP contribution in [0.1, 0.15) is 43.1 Å². The standard InChI is InChI=1S/C17H21N5OS/c1-13(23-14-8-4-2-5-9-14)16-20-22-15(18-19-17(22)24-16)12-21-10-6-3-7-11-21/h2,4-5,8-9,13H,3,6-7,10-12H2,1H3. The first-order valence-electron chi connectivity index (χ1n) is 8.45. The van der Waals surface area contributed by atoms with Gasteiger partial charge in [-0.05, 0) is 45.0 Å². The summed E-state index contributed by atoms with van der Waals surface area (Å²) in [5.74, 6) is 1.77. The molecule has 1 saturated heterocycles. The van der Waals surface area contributed by atoms with Gasteiger partial charge in [-0.15, -0.1) is 10.2 Å². The highest BCUT2D eigenvalue weighted by molar-refractivity contribution is 7.16. The second kappa shape index (κ2) is 6.86. The molecule has 1 aromatic carbocycles. The van der Waals surface area contributed by atoms with Gasteiger partial charge in [0.1, 0.15) is 11.9 Å². The van der Waals surface area contributed by atoms with Crippen LogP contribution in [0.2, 0.25) is 0 Å². The molecule has 3 aromatic rings. The lowest BCUT2D eigenvalue weighted by Gasteiger charge is -2.25. The molecule has 0 radical (unpaired) electrons. The Labute approximate surface area is 145 Å². The van der Waals surface area contributed by atoms with Gasteiger partial charge in [0.2, 0.25) is 4.96 Å². The van der Waals surface area contributed by atoms with Gasteiger partial charge in [0, 0.05) is 0 Å². The largest absolute Gasteiger partial charge is 0.483 e. The molecule has 1 aliphatic rings. The van der Waals surface area contributed by atoms with Crippen molar-refractivity contribution in [1.29, 1.82) is 0 Å². The van der Waals surface area contributed by atoms with Crippen LogP contribution < -0.4 is 4.74 Å². The minimum atomic E-state index is -0.109. The molecular formula is C17H21N5OS. The zero-order valence-electron chi connectivity index (χ0n) is 13.8. The topological polar surface area (TPSA) is 55.6 Å². The Hall–Kier alpha value is -1.99. The highest BCUT2D eigenvalue weighted by Crippen LogP contribution is 2.25. The molecule has 2 aromatic heterocycles. The van der Waals surface area contributed by atoms with E-state index in [4.69, 9.17) is 9.84 Å². The van der Waals surface area contributed by atoms with E-state index in [-0.39, 0.29) is 6.10 Å². The molecular weight excluding hydrogens is 322 g/mol. The van der Waals surface area contributed by atoms with Crippen molar-refractivity contribution >= 4 is 16.3 Å². The van der Waals surface area contributed by atoms with Gasteiger partial charge in [-0.25, -0.2) is 0 Å². The van der Waals surface area contributed by atoms with Crippen LogP contribution in [0, 0.1) is 0 Å². The quantitative estimate of drug-likeness (QED) is 0.711. The third-order valence-corrected chi connectivity index (χ3v) is 5.35. The molecule has 1 unspecified atom stereocenters. The Morgan fingerprint density at radius 3 is 2.71 bits per heavy atom. The van der Waals surface area contributed by atoms with Gasteiger partial charge in [-0.1, -0.05) is 36.0 Å². The van der Waals surface area contributed by atoms with E-state index in [0.717, 1.165) is 41.2 Å². The fourth-order valence-corrected chi connectivity index (χ4v) is 3.84. The van der Waals surface area contributed by atoms with Gasteiger partial charge in [0.25, 0.3) is 0 Å². The maximum Gasteiger partial charge on any atom is 0.234 e. The summed E-state index contributed by atoms with van der Waals surface area (Å²) in [6.07, 6.45) is 3.77. The number of rotatable bonds is 5. The molecule has 7 heteroatoms. The Morgan fingerprint density at radius 1 is 1.12 bits per heavy atom. The first-order valence-corrected chi connectivity index (χ1v) is 9.26. The van der Waals surface area contributed by atoms with Crippen molar-refractivity contribution < 1.29 is 4.74 Å². The fraction of sp³-hybridized carbons (Fsp3) is 0.471. The van der Waals surface area contributed by atoms with E-state index in [1.807, 2.05) is 41.8 Å². The number of aromatic nitrogens is 4. The van der Waals surface area contributed by atoms with Crippen molar-refractivity contribution in [1.82, 2.24) is 24.7 Å². The first-order chi connectivity index (χ1) is 11.8. The van der Waals surface area contributed by atoms with Crippen LogP contribution in [0.3, 0.4) is 0 Å². The van der Waals surface area contributed by atoms with Gasteiger partial charge in [0.15, 0.2) is 10.8 Å². The van der Waals surface area contributed by atoms with Gasteiger partial charge in [-0.3, -0.25) is 4.90 Å². The summed E-state index contributed by atoms with van der Waals surface area (Å²) in [4.78, 5) is 3.27. The van der Waals surface area contributed by atoms with Gasteiger partial charge in [0.05, 0.1) is 6.54 Å². The lowest BCUT2D eigenvalue weighted by Crippen LogP contribution is -2.30. The Bertz CT molecular complexity index is 794. The van der Waals surface area contributed by atoms with Crippen molar-refractivity contribution in [3.05, 3.63) is 41.2 Å². The number of ether oxygens (including phenoxy) is 1. The Kier molecular flexibility index (Phi) is 4.44. The van der Waals surface area contributed by atoms with E-state index in [0.29, 0.717) is 0 Å². The lowest BCUT2D eigenvalue weighted by atomic mass is 10.1. The van der Waals surface area contributed by atoms with Crippen molar-refractivity contribution in [3.63, 3.8) is 0 Å². The molecule has 6 nitrogen and oxygen atoms in total. The molecule has 3 heterocycles. The molecule has 1 fully saturated rings. The van der Waals surface area contributed by atoms with E-state index in [2.05, 4.69) is 15.1 Å². The van der Waals surface area contributed by atoms with E-state index < -0.39 is 0 Å². The van der Waals surface area contributed by atoms with Gasteiger partial charge in [-0.2, -0.15) is 9.61 Å². The molecule has 0 saturated carbocycles. The third-order valence-electron chi connectivity index (χ3n) is 4.29. The van der Waals surface area contributed by atoms with Crippen LogP contribution in [0.5, 0.6) is 5.75 Å². The summed E-state index contributed by atoms with van der Waals surface area (Å²) >= 11 is 1.54. The number of piperidine rings is 1. The lowest BCUT2D eigenvalue weighted by molar-refractivity contribution is 0.213. The van der Waals surface area contributed by atoms with Gasteiger partial charge < -0.3 is 4.74 Å². The summed E-state index contributed by atoms with van der Waals surface area (Å²) in [6.45, 7) is 5.11. The van der Waals surface area contributed by atoms with Gasteiger partial charge >= 0.3 is 0 Å². The second-order valence-corrected chi connectivity index (χ2v) is 7.15. The molecule has 1 aliphatic heterocycles. The van der Waals surface area contributed by atoms with E-state index in [9.17, 15) is 0 Å². The van der Waals surface area contributed by atoms with Crippen LogP contribution >= 0.6 is 11.3 Å². The molecule has 1 atom stereocenters. The number of hydrogen-bond acceptors (Lipinski definition) is 6. The van der Waals surface area contributed by atoms with Crippen LogP contribution in [-0.2, 0) is 6.54 Å². The number of benzene rings is 1. The number of fused-ring (bicyclic) bond motifs is 1. The third kappa shape index (κ3) is 3.27. The highest BCUT2D eigenvalue weighted by Gasteiger charge is 2.19. The van der Waals surface area contributed by atoms with E-state index >= 15 is 0 Å². The van der Waals surface area contributed by atoms with Crippen LogP contribution in [0.25, 0.3) is 4.96 Å². The maximum atomic E-state index is 5.97. The average Bonchev–Trinajstić information content (AvgIpc) is 3.19. The maximum absolute atomic E-state index is 5.97. The molecule has 4 rings (SSSR count). The highest BCUT2D eigenvalue weighted by atomic mass is 32.1. The van der Waals surface area contributed by atoms with E-state index in [1.54, 1.807) is 11.3 Å². The Morgan fingerprint density at radius 2 is 1.92 bits per heavy atom. The number of likely N-dealkylation sites (tertiary alicyclic amines) is 1. The Balaban J connectivity index is 1.50. The predicted molar refractivity (Wildman–Crippen MR) is 93.3 cm³/mol. The summed E-state index contributed by atoms with van der Waals surface area (Å²) in [6, 6.07) is 9.83. The number of para-hydroxylation sites is 1. The van der Waals surface area contributed by atoms with Crippen LogP contribution in [0.15, 0.2) is 30.3 Å². The minimum Gasteiger partial charge on any atom is -0.483 e. The molecule has 0 spiro atoms. The summed E-state index contributed by atoms with van der Waals surface area (Å²) in [5, 5.41) is 14.2. The smallest absolute Gasteiger partial charge is 0.234 e. The normalized spacial score (nSPS) is 17.2. The fourth-order valence-electron chi connectivity index (χ4n) is 3.01. The molecule has 0 amide bonds. The van der Waals surface area contributed by atoms with Crippen molar-refractivity contribution in [3.8, 4) is 5.75 Å². The van der Waals surface area contributed by atoms with E-state index in [1.165, 1.54) is 19.3 Å². The molecule has 0 bridgehead atoms. The van der Waals surface area contributed by atoms with Crippen LogP contribution in [0.4, 0.5) is 0 Å². The SMILES string of the molecule is CC(Oc1ccccc1)c1nn2c(CN3CCCCC3)nnc2s1. The summed E-state index contributed by atoms with van der Waals surface area (Å²) in [5.41, 5.74) is 0. The molecule has 126 valence electrons. The zero-order chi connectivity index (χ0) is 16.4. The first kappa shape index (κ1) is 15.5. The monoisotopic (exact) mass is 343 g/mol. The number of hydrogen-bond donors (Lipinski definition) is 0. The second-order valence-electron chi connectivity index (χ2n) is 6.16. The minimum absolute atomic E-state index is 0.109. The summed E-state index contributed by atoms with van der Waals surface area (Å²) in [7, 11) is 0. The molecule has 0 N–H and O–H groups in total. The molecule has 24 heavy (non-hydrogen) atoms.